The second-order valence-corrected chi connectivity index (χ2v) is 16.7. The highest BCUT2D eigenvalue weighted by Crippen LogP contribution is 2.49. The molecule has 6 rings (SSSR count). The third-order valence-corrected chi connectivity index (χ3v) is 12.3. The van der Waals surface area contributed by atoms with Gasteiger partial charge in [-0.15, -0.1) is 0 Å². The van der Waals surface area contributed by atoms with E-state index in [9.17, 15) is 14.9 Å². The summed E-state index contributed by atoms with van der Waals surface area (Å²) in [4.78, 5) is 37.6. The number of carbonyl (C=O) groups is 1. The molecular formula is C44H54N7O8P. The lowest BCUT2D eigenvalue weighted by molar-refractivity contribution is -0.118. The number of nitrogens with one attached hydrogen (secondary N) is 2. The van der Waals surface area contributed by atoms with E-state index in [1.54, 1.807) is 32.6 Å². The van der Waals surface area contributed by atoms with E-state index in [-0.39, 0.29) is 67.1 Å². The van der Waals surface area contributed by atoms with Gasteiger partial charge in [0.15, 0.2) is 11.2 Å². The van der Waals surface area contributed by atoms with Crippen LogP contribution in [0.4, 0.5) is 5.95 Å². The van der Waals surface area contributed by atoms with E-state index >= 15 is 0 Å². The fraction of sp³-hybridized carbons (Fsp3) is 0.432. The number of hydrogen-bond acceptors (Lipinski definition) is 12. The van der Waals surface area contributed by atoms with Gasteiger partial charge in [-0.1, -0.05) is 68.4 Å². The molecule has 1 amide bonds. The van der Waals surface area contributed by atoms with Crippen molar-refractivity contribution in [3.8, 4) is 17.6 Å². The summed E-state index contributed by atoms with van der Waals surface area (Å²) in [5.41, 5.74) is 1.15. The van der Waals surface area contributed by atoms with Gasteiger partial charge in [-0.05, 0) is 68.7 Å². The van der Waals surface area contributed by atoms with Crippen LogP contribution in [-0.2, 0) is 28.9 Å². The molecule has 0 spiro atoms. The summed E-state index contributed by atoms with van der Waals surface area (Å²) in [6.45, 7) is 12.1. The molecule has 1 aliphatic heterocycles. The predicted octanol–water partition coefficient (Wildman–Crippen LogP) is 7.69. The van der Waals surface area contributed by atoms with Gasteiger partial charge in [-0.3, -0.25) is 24.5 Å². The zero-order valence-electron chi connectivity index (χ0n) is 35.3. The number of aromatic nitrogens is 4. The van der Waals surface area contributed by atoms with Crippen molar-refractivity contribution in [1.29, 1.82) is 5.26 Å². The van der Waals surface area contributed by atoms with Gasteiger partial charge in [0.1, 0.15) is 29.4 Å². The van der Waals surface area contributed by atoms with E-state index in [0.29, 0.717) is 11.5 Å². The number of fused-ring (bicyclic) bond motifs is 1. The number of rotatable bonds is 19. The summed E-state index contributed by atoms with van der Waals surface area (Å²) in [5, 5.41) is 12.0. The minimum atomic E-state index is -1.63. The number of nitrogens with zero attached hydrogens (tertiary/aromatic N) is 5. The van der Waals surface area contributed by atoms with E-state index in [2.05, 4.69) is 58.7 Å². The number of nitriles is 1. The summed E-state index contributed by atoms with van der Waals surface area (Å²) >= 11 is 0. The van der Waals surface area contributed by atoms with Crippen LogP contribution in [0.5, 0.6) is 11.5 Å². The molecule has 4 atom stereocenters. The first-order chi connectivity index (χ1) is 28.9. The maximum Gasteiger partial charge on any atom is 0.280 e. The topological polar surface area (TPSA) is 175 Å². The highest BCUT2D eigenvalue weighted by atomic mass is 31.2. The Kier molecular flexibility index (Phi) is 14.7. The Labute approximate surface area is 351 Å². The van der Waals surface area contributed by atoms with Crippen LogP contribution in [0, 0.1) is 17.2 Å². The molecule has 1 unspecified atom stereocenters. The summed E-state index contributed by atoms with van der Waals surface area (Å²) < 4.78 is 42.5. The third kappa shape index (κ3) is 9.71. The van der Waals surface area contributed by atoms with Crippen LogP contribution in [0.3, 0.4) is 0 Å². The van der Waals surface area contributed by atoms with Crippen molar-refractivity contribution in [2.75, 3.05) is 32.8 Å². The quantitative estimate of drug-likeness (QED) is 0.0472. The molecule has 3 heterocycles. The number of methoxy groups -OCH3 is 2. The Bertz CT molecular complexity index is 2220. The van der Waals surface area contributed by atoms with Gasteiger partial charge >= 0.3 is 0 Å². The van der Waals surface area contributed by atoms with Crippen molar-refractivity contribution in [2.24, 2.45) is 5.92 Å². The van der Waals surface area contributed by atoms with Gasteiger partial charge in [-0.25, -0.2) is 9.65 Å². The molecule has 0 saturated carbocycles. The lowest BCUT2D eigenvalue weighted by Crippen LogP contribution is -2.41. The molecular weight excluding hydrogens is 785 g/mol. The summed E-state index contributed by atoms with van der Waals surface area (Å²) in [7, 11) is 1.62. The molecule has 60 heavy (non-hydrogen) atoms. The average Bonchev–Trinajstić information content (AvgIpc) is 3.86. The molecule has 1 fully saturated rings. The predicted molar refractivity (Wildman–Crippen MR) is 228 cm³/mol. The van der Waals surface area contributed by atoms with E-state index in [1.807, 2.05) is 78.9 Å². The average molecular weight is 840 g/mol. The molecule has 318 valence electrons. The fourth-order valence-electron chi connectivity index (χ4n) is 7.31. The Morgan fingerprint density at radius 1 is 0.950 bits per heavy atom. The maximum atomic E-state index is 13.3. The number of H-pyrrole nitrogens is 1. The number of amides is 1. The molecule has 0 radical (unpaired) electrons. The monoisotopic (exact) mass is 839 g/mol. The van der Waals surface area contributed by atoms with Crippen LogP contribution >= 0.6 is 8.53 Å². The van der Waals surface area contributed by atoms with Gasteiger partial charge in [0.2, 0.25) is 11.9 Å². The number of hydrogen-bond donors (Lipinski definition) is 2. The van der Waals surface area contributed by atoms with Gasteiger partial charge < -0.3 is 28.0 Å². The summed E-state index contributed by atoms with van der Waals surface area (Å²) in [6, 6.07) is 27.9. The zero-order valence-corrected chi connectivity index (χ0v) is 36.2. The SMILES string of the molecule is COc1ccc(C(O[C@H]2C[C@H](n3cnc4c(=O)[nH]c(NC(=O)C(C)C)nc43)O[C@@H]2COP(OCCC#N)N(C(C)C)C(C)C)(c2ccccc2)c2ccc(OC)cc2)cc1. The van der Waals surface area contributed by atoms with Crippen LogP contribution < -0.4 is 20.3 Å². The molecule has 15 nitrogen and oxygen atoms in total. The van der Waals surface area contributed by atoms with Crippen LogP contribution in [0.15, 0.2) is 90.0 Å². The molecule has 16 heteroatoms. The van der Waals surface area contributed by atoms with Crippen molar-refractivity contribution < 1.29 is 32.8 Å². The normalized spacial score (nSPS) is 17.4. The number of aromatic amines is 1. The number of imidazole rings is 1. The van der Waals surface area contributed by atoms with Crippen LogP contribution in [0.2, 0.25) is 0 Å². The number of ether oxygens (including phenoxy) is 4. The number of carbonyl (C=O) groups excluding carboxylic acids is 1. The minimum absolute atomic E-state index is 0.00311. The fourth-order valence-corrected chi connectivity index (χ4v) is 8.93. The lowest BCUT2D eigenvalue weighted by atomic mass is 9.79. The first-order valence-electron chi connectivity index (χ1n) is 20.1. The van der Waals surface area contributed by atoms with Crippen molar-refractivity contribution in [3.63, 3.8) is 0 Å². The Morgan fingerprint density at radius 2 is 1.55 bits per heavy atom. The highest BCUT2D eigenvalue weighted by molar-refractivity contribution is 7.44. The van der Waals surface area contributed by atoms with Crippen LogP contribution in [-0.4, -0.2) is 81.8 Å². The molecule has 2 N–H and O–H groups in total. The molecule has 3 aromatic carbocycles. The van der Waals surface area contributed by atoms with Crippen molar-refractivity contribution in [2.45, 2.75) is 90.5 Å². The Morgan fingerprint density at radius 3 is 2.10 bits per heavy atom. The standard InChI is InChI=1S/C44H54N7O8P/c1-28(2)41(52)48-43-47-40-39(42(53)49-43)46-27-50(40)38-25-36(37(58-38)26-57-60(56-24-12-23-45)51(29(3)4)30(5)6)59-44(31-13-10-9-11-14-31,32-15-19-34(54-7)20-16-32)33-17-21-35(55-8)22-18-33/h9-11,13-22,27-30,36-38H,12,24-26H2,1-8H3,(H2,47,48,49,52,53)/t36-,37+,38+,60?/m0/s1. The second-order valence-electron chi connectivity index (χ2n) is 15.3. The lowest BCUT2D eigenvalue weighted by Gasteiger charge is -2.40. The molecule has 0 aliphatic carbocycles. The molecule has 2 aromatic heterocycles. The second kappa shape index (κ2) is 19.9. The minimum Gasteiger partial charge on any atom is -0.497 e. The van der Waals surface area contributed by atoms with Gasteiger partial charge in [0, 0.05) is 24.4 Å². The number of anilines is 1. The van der Waals surface area contributed by atoms with Crippen molar-refractivity contribution in [3.05, 3.63) is 112 Å². The molecule has 1 aliphatic rings. The number of benzene rings is 3. The van der Waals surface area contributed by atoms with E-state index in [4.69, 9.17) is 28.0 Å². The first kappa shape index (κ1) is 44.4. The largest absolute Gasteiger partial charge is 0.497 e. The third-order valence-electron chi connectivity index (χ3n) is 10.2. The molecule has 1 saturated heterocycles. The first-order valence-corrected chi connectivity index (χ1v) is 21.2. The van der Waals surface area contributed by atoms with Gasteiger partial charge in [0.25, 0.3) is 14.1 Å². The highest BCUT2D eigenvalue weighted by Gasteiger charge is 2.47. The van der Waals surface area contributed by atoms with E-state index in [1.165, 1.54) is 6.33 Å². The van der Waals surface area contributed by atoms with Crippen LogP contribution in [0.25, 0.3) is 11.2 Å². The molecule has 5 aromatic rings. The van der Waals surface area contributed by atoms with E-state index < -0.39 is 38.1 Å². The molecule has 0 bridgehead atoms. The Hall–Kier alpha value is -5.20. The van der Waals surface area contributed by atoms with Crippen molar-refractivity contribution >= 4 is 31.5 Å². The van der Waals surface area contributed by atoms with Crippen molar-refractivity contribution in [1.82, 2.24) is 24.2 Å². The summed E-state index contributed by atoms with van der Waals surface area (Å²) in [5.74, 6) is 0.739. The van der Waals surface area contributed by atoms with Gasteiger partial charge in [0.05, 0.1) is 52.4 Å². The summed E-state index contributed by atoms with van der Waals surface area (Å²) in [6.07, 6.45) is -0.0630. The van der Waals surface area contributed by atoms with Gasteiger partial charge in [-0.2, -0.15) is 10.2 Å². The van der Waals surface area contributed by atoms with E-state index in [0.717, 1.165) is 16.7 Å². The smallest absolute Gasteiger partial charge is 0.280 e. The zero-order chi connectivity index (χ0) is 43.0. The van der Waals surface area contributed by atoms with Crippen LogP contribution in [0.1, 0.15) is 77.3 Å². The Balaban J connectivity index is 1.48. The maximum absolute atomic E-state index is 13.3.